The Bertz CT molecular complexity index is 2080. The van der Waals surface area contributed by atoms with Crippen molar-refractivity contribution >= 4 is 44.2 Å². The monoisotopic (exact) mass is 759 g/mol. The van der Waals surface area contributed by atoms with Gasteiger partial charge in [-0.05, 0) is 67.3 Å². The molecule has 1 saturated heterocycles. The van der Waals surface area contributed by atoms with Crippen LogP contribution in [0.4, 0.5) is 23.2 Å². The Kier molecular flexibility index (Phi) is 9.53. The molecule has 6 rings (SSSR count). The summed E-state index contributed by atoms with van der Waals surface area (Å²) >= 11 is 0. The number of nitrogens with one attached hydrogen (secondary N) is 3. The number of carbonyl (C=O) groups excluding carboxylic acids is 3. The van der Waals surface area contributed by atoms with Gasteiger partial charge in [0.05, 0.1) is 16.9 Å². The maximum atomic E-state index is 14.6. The first-order valence-corrected chi connectivity index (χ1v) is 18.6. The molecule has 1 aliphatic heterocycles. The van der Waals surface area contributed by atoms with Crippen molar-refractivity contribution in [3.05, 3.63) is 78.8 Å². The minimum Gasteiger partial charge on any atom is -0.472 e. The maximum absolute atomic E-state index is 14.6. The predicted octanol–water partition coefficient (Wildman–Crippen LogP) is 5.33. The van der Waals surface area contributed by atoms with Gasteiger partial charge in [-0.3, -0.25) is 19.1 Å². The minimum absolute atomic E-state index is 0.0636. The normalized spacial score (nSPS) is 24.2. The highest BCUT2D eigenvalue weighted by Gasteiger charge is 2.63. The number of nitrogens with zero attached hydrogens (tertiary/aromatic N) is 2. The molecular weight excluding hydrogens is 718 g/mol. The lowest BCUT2D eigenvalue weighted by atomic mass is 9.85. The Morgan fingerprint density at radius 3 is 2.42 bits per heavy atom. The fourth-order valence-corrected chi connectivity index (χ4v) is 7.97. The summed E-state index contributed by atoms with van der Waals surface area (Å²) in [6, 6.07) is 8.42. The van der Waals surface area contributed by atoms with Crippen molar-refractivity contribution in [2.24, 2.45) is 11.3 Å². The Hall–Kier alpha value is -4.73. The third-order valence-corrected chi connectivity index (χ3v) is 12.5. The second kappa shape index (κ2) is 13.3. The summed E-state index contributed by atoms with van der Waals surface area (Å²) in [6.45, 7) is 10.1. The number of anilines is 1. The number of aromatic nitrogens is 1. The molecule has 5 unspecified atom stereocenters. The number of ether oxygens (including phenoxy) is 1. The van der Waals surface area contributed by atoms with Gasteiger partial charge in [0.15, 0.2) is 0 Å². The number of hydrogen-bond donors (Lipinski definition) is 3. The largest absolute Gasteiger partial charge is 0.472 e. The molecule has 2 saturated carbocycles. The lowest BCUT2D eigenvalue weighted by Gasteiger charge is -2.36. The molecule has 2 heterocycles. The van der Waals surface area contributed by atoms with Crippen LogP contribution < -0.4 is 20.1 Å². The molecule has 3 amide bonds. The lowest BCUT2D eigenvalue weighted by Crippen LogP contribution is -2.59. The van der Waals surface area contributed by atoms with Crippen molar-refractivity contribution in [1.29, 1.82) is 0 Å². The standard InChI is InChI=1S/C37H41F4N5O6S/c1-6-22-19-36(22,33(49)45-53(50,51)35(5)12-13-35)44-30(47)28-18-26(52-31-27-10-8-7-9-21(27)11-14-42-31)20-46(28)32(48)29(34(2,3)4)43-25-16-23(37(39,40)41)15-24(38)17-25/h6-11,14-17,22,26,28-29,43H,1,12-13,18-20H2,2-5H3,(H,44,47)(H,45,49). The van der Waals surface area contributed by atoms with Crippen LogP contribution in [0.3, 0.4) is 0 Å². The first-order valence-electron chi connectivity index (χ1n) is 17.1. The number of sulfonamides is 1. The van der Waals surface area contributed by atoms with E-state index in [1.807, 2.05) is 12.1 Å². The van der Waals surface area contributed by atoms with E-state index >= 15 is 0 Å². The highest BCUT2D eigenvalue weighted by molar-refractivity contribution is 7.91. The van der Waals surface area contributed by atoms with E-state index in [4.69, 9.17) is 4.74 Å². The van der Waals surface area contributed by atoms with Gasteiger partial charge in [0.2, 0.25) is 27.7 Å². The molecule has 1 aromatic heterocycles. The zero-order valence-corrected chi connectivity index (χ0v) is 30.4. The zero-order valence-electron chi connectivity index (χ0n) is 29.6. The van der Waals surface area contributed by atoms with Gasteiger partial charge in [0.25, 0.3) is 5.91 Å². The van der Waals surface area contributed by atoms with E-state index in [1.165, 1.54) is 17.9 Å². The Labute approximate surface area is 304 Å². The molecule has 284 valence electrons. The quantitative estimate of drug-likeness (QED) is 0.176. The number of halogens is 4. The van der Waals surface area contributed by atoms with E-state index < -0.39 is 85.1 Å². The molecule has 3 N–H and O–H groups in total. The van der Waals surface area contributed by atoms with Crippen LogP contribution in [0.5, 0.6) is 5.88 Å². The van der Waals surface area contributed by atoms with Gasteiger partial charge in [-0.15, -0.1) is 6.58 Å². The van der Waals surface area contributed by atoms with Gasteiger partial charge in [-0.25, -0.2) is 17.8 Å². The van der Waals surface area contributed by atoms with Crippen LogP contribution in [0.1, 0.15) is 58.9 Å². The summed E-state index contributed by atoms with van der Waals surface area (Å²) in [4.78, 5) is 48.0. The fraction of sp³-hybridized carbons (Fsp3) is 0.459. The molecule has 0 radical (unpaired) electrons. The minimum atomic E-state index is -4.86. The average molecular weight is 760 g/mol. The smallest absolute Gasteiger partial charge is 0.416 e. The molecule has 16 heteroatoms. The Morgan fingerprint density at radius 1 is 1.09 bits per heavy atom. The summed E-state index contributed by atoms with van der Waals surface area (Å²) < 4.78 is 88.4. The number of hydrogen-bond acceptors (Lipinski definition) is 8. The first-order chi connectivity index (χ1) is 24.7. The second-order valence-electron chi connectivity index (χ2n) is 15.4. The van der Waals surface area contributed by atoms with Crippen molar-refractivity contribution < 1.29 is 45.1 Å². The number of benzene rings is 2. The van der Waals surface area contributed by atoms with E-state index in [9.17, 15) is 40.4 Å². The molecule has 0 bridgehead atoms. The van der Waals surface area contributed by atoms with Gasteiger partial charge in [-0.2, -0.15) is 13.2 Å². The molecule has 2 aromatic carbocycles. The lowest BCUT2D eigenvalue weighted by molar-refractivity contribution is -0.141. The van der Waals surface area contributed by atoms with Gasteiger partial charge in [0, 0.05) is 29.6 Å². The molecule has 2 aliphatic carbocycles. The maximum Gasteiger partial charge on any atom is 0.416 e. The van der Waals surface area contributed by atoms with E-state index in [2.05, 4.69) is 26.9 Å². The van der Waals surface area contributed by atoms with E-state index in [1.54, 1.807) is 45.2 Å². The molecule has 3 aliphatic rings. The summed E-state index contributed by atoms with van der Waals surface area (Å²) in [5.74, 6) is -3.93. The van der Waals surface area contributed by atoms with Gasteiger partial charge in [-0.1, -0.05) is 45.0 Å². The summed E-state index contributed by atoms with van der Waals surface area (Å²) in [7, 11) is -4.06. The number of pyridine rings is 1. The molecule has 3 aromatic rings. The third-order valence-electron chi connectivity index (χ3n) is 10.3. The highest BCUT2D eigenvalue weighted by atomic mass is 32.2. The van der Waals surface area contributed by atoms with Crippen LogP contribution in [0.25, 0.3) is 10.8 Å². The van der Waals surface area contributed by atoms with Crippen LogP contribution in [0, 0.1) is 17.2 Å². The third kappa shape index (κ3) is 7.55. The van der Waals surface area contributed by atoms with Crippen LogP contribution in [0.15, 0.2) is 67.4 Å². The number of alkyl halides is 3. The summed E-state index contributed by atoms with van der Waals surface area (Å²) in [5, 5.41) is 7.00. The van der Waals surface area contributed by atoms with Crippen LogP contribution in [-0.2, 0) is 30.6 Å². The number of rotatable bonds is 11. The van der Waals surface area contributed by atoms with Crippen molar-refractivity contribution in [3.8, 4) is 5.88 Å². The molecule has 0 spiro atoms. The number of carbonyl (C=O) groups is 3. The number of likely N-dealkylation sites (tertiary alicyclic amines) is 1. The van der Waals surface area contributed by atoms with Crippen molar-refractivity contribution in [2.75, 3.05) is 11.9 Å². The first kappa shape index (κ1) is 38.0. The molecular formula is C37H41F4N5O6S. The van der Waals surface area contributed by atoms with Crippen LogP contribution in [0.2, 0.25) is 0 Å². The van der Waals surface area contributed by atoms with E-state index in [0.29, 0.717) is 30.4 Å². The number of fused-ring (bicyclic) bond motifs is 1. The van der Waals surface area contributed by atoms with Crippen molar-refractivity contribution in [2.45, 2.75) is 88.0 Å². The second-order valence-corrected chi connectivity index (χ2v) is 17.6. The molecule has 53 heavy (non-hydrogen) atoms. The van der Waals surface area contributed by atoms with Gasteiger partial charge in [0.1, 0.15) is 29.5 Å². The average Bonchev–Trinajstić information content (AvgIpc) is 3.96. The summed E-state index contributed by atoms with van der Waals surface area (Å²) in [6.07, 6.45) is -1.94. The predicted molar refractivity (Wildman–Crippen MR) is 188 cm³/mol. The Morgan fingerprint density at radius 2 is 1.79 bits per heavy atom. The highest BCUT2D eigenvalue weighted by Crippen LogP contribution is 2.47. The number of amides is 3. The SMILES string of the molecule is C=CC1CC1(NC(=O)C1CC(Oc2nccc3ccccc23)CN1C(=O)C(Nc1cc(F)cc(C(F)(F)F)c1)C(C)(C)C)C(=O)NS(=O)(=O)C1(C)CC1. The topological polar surface area (TPSA) is 147 Å². The summed E-state index contributed by atoms with van der Waals surface area (Å²) in [5.41, 5.74) is -4.19. The van der Waals surface area contributed by atoms with Crippen molar-refractivity contribution in [1.82, 2.24) is 19.9 Å². The molecule has 11 nitrogen and oxygen atoms in total. The van der Waals surface area contributed by atoms with Crippen LogP contribution in [-0.4, -0.2) is 71.0 Å². The van der Waals surface area contributed by atoms with E-state index in [-0.39, 0.29) is 31.0 Å². The van der Waals surface area contributed by atoms with Crippen molar-refractivity contribution in [3.63, 3.8) is 0 Å². The Balaban J connectivity index is 1.32. The molecule has 3 fully saturated rings. The molecule has 5 atom stereocenters. The fourth-order valence-electron chi connectivity index (χ4n) is 6.65. The zero-order chi connectivity index (χ0) is 38.7. The van der Waals surface area contributed by atoms with Gasteiger partial charge < -0.3 is 20.3 Å². The van der Waals surface area contributed by atoms with Gasteiger partial charge >= 0.3 is 6.18 Å². The van der Waals surface area contributed by atoms with E-state index in [0.717, 1.165) is 11.5 Å². The van der Waals surface area contributed by atoms with Crippen LogP contribution >= 0.6 is 0 Å².